The topological polar surface area (TPSA) is 78.5 Å². The van der Waals surface area contributed by atoms with Crippen molar-refractivity contribution in [1.82, 2.24) is 15.8 Å². The van der Waals surface area contributed by atoms with E-state index in [0.29, 0.717) is 23.8 Å². The summed E-state index contributed by atoms with van der Waals surface area (Å²) in [7, 11) is 0. The van der Waals surface area contributed by atoms with Gasteiger partial charge in [0.2, 0.25) is 5.91 Å². The molecule has 3 aliphatic rings. The third-order valence-corrected chi connectivity index (χ3v) is 6.11. The maximum atomic E-state index is 12.8. The molecule has 0 radical (unpaired) electrons. The second-order valence-electron chi connectivity index (χ2n) is 7.74. The zero-order chi connectivity index (χ0) is 17.6. The van der Waals surface area contributed by atoms with E-state index in [1.54, 1.807) is 19.1 Å². The van der Waals surface area contributed by atoms with E-state index in [1.807, 2.05) is 18.2 Å². The van der Waals surface area contributed by atoms with Crippen molar-refractivity contribution in [2.45, 2.75) is 44.6 Å². The van der Waals surface area contributed by atoms with Crippen LogP contribution in [0.25, 0.3) is 0 Å². The van der Waals surface area contributed by atoms with Crippen molar-refractivity contribution < 1.29 is 14.4 Å². The van der Waals surface area contributed by atoms with E-state index in [1.165, 1.54) is 19.3 Å². The zero-order valence-corrected chi connectivity index (χ0v) is 14.3. The number of fused-ring (bicyclic) bond motifs is 2. The maximum absolute atomic E-state index is 12.8. The van der Waals surface area contributed by atoms with E-state index < -0.39 is 17.5 Å². The molecule has 1 heterocycles. The van der Waals surface area contributed by atoms with E-state index in [9.17, 15) is 14.4 Å². The highest BCUT2D eigenvalue weighted by Gasteiger charge is 2.50. The van der Waals surface area contributed by atoms with E-state index in [4.69, 9.17) is 0 Å². The lowest BCUT2D eigenvalue weighted by molar-refractivity contribution is -0.139. The lowest BCUT2D eigenvalue weighted by Crippen LogP contribution is -2.48. The number of hydrogen-bond donors (Lipinski definition) is 2. The van der Waals surface area contributed by atoms with Gasteiger partial charge >= 0.3 is 6.03 Å². The van der Waals surface area contributed by atoms with Crippen LogP contribution >= 0.6 is 0 Å². The molecular weight excluding hydrogens is 318 g/mol. The number of hydrogen-bond acceptors (Lipinski definition) is 3. The smallest absolute Gasteiger partial charge is 0.318 e. The molecule has 4 atom stereocenters. The number of carbonyl (C=O) groups excluding carboxylic acids is 3. The van der Waals surface area contributed by atoms with Crippen LogP contribution in [0.15, 0.2) is 30.3 Å². The summed E-state index contributed by atoms with van der Waals surface area (Å²) in [5.41, 5.74) is 2.06. The van der Waals surface area contributed by atoms with Crippen LogP contribution in [0.4, 0.5) is 4.79 Å². The molecular formula is C19H23N3O3. The molecule has 4 amide bonds. The highest BCUT2D eigenvalue weighted by Crippen LogP contribution is 2.49. The van der Waals surface area contributed by atoms with Crippen LogP contribution in [0.3, 0.4) is 0 Å². The van der Waals surface area contributed by atoms with Gasteiger partial charge in [0.05, 0.1) is 0 Å². The summed E-state index contributed by atoms with van der Waals surface area (Å²) < 4.78 is 0. The van der Waals surface area contributed by atoms with Gasteiger partial charge in [0.25, 0.3) is 5.91 Å². The first-order valence-corrected chi connectivity index (χ1v) is 8.99. The molecule has 0 spiro atoms. The van der Waals surface area contributed by atoms with Gasteiger partial charge < -0.3 is 5.32 Å². The van der Waals surface area contributed by atoms with Crippen molar-refractivity contribution >= 4 is 17.8 Å². The van der Waals surface area contributed by atoms with Crippen LogP contribution in [-0.4, -0.2) is 22.9 Å². The van der Waals surface area contributed by atoms with Gasteiger partial charge in [-0.15, -0.1) is 0 Å². The number of imide groups is 1. The average molecular weight is 341 g/mol. The third kappa shape index (κ3) is 2.69. The summed E-state index contributed by atoms with van der Waals surface area (Å²) in [6, 6.07) is 8.48. The van der Waals surface area contributed by atoms with Gasteiger partial charge in [0.15, 0.2) is 0 Å². The minimum absolute atomic E-state index is 0.252. The van der Waals surface area contributed by atoms with E-state index in [-0.39, 0.29) is 5.91 Å². The lowest BCUT2D eigenvalue weighted by atomic mass is 9.86. The quantitative estimate of drug-likeness (QED) is 0.825. The molecule has 0 unspecified atom stereocenters. The lowest BCUT2D eigenvalue weighted by Gasteiger charge is -2.23. The number of nitrogens with one attached hydrogen (secondary N) is 2. The van der Waals surface area contributed by atoms with Crippen molar-refractivity contribution in [1.29, 1.82) is 0 Å². The second-order valence-corrected chi connectivity index (χ2v) is 7.74. The van der Waals surface area contributed by atoms with E-state index >= 15 is 0 Å². The van der Waals surface area contributed by atoms with Gasteiger partial charge in [-0.2, -0.15) is 5.01 Å². The number of rotatable bonds is 4. The Labute approximate surface area is 146 Å². The Morgan fingerprint density at radius 2 is 2.00 bits per heavy atom. The van der Waals surface area contributed by atoms with Crippen LogP contribution in [0, 0.1) is 17.8 Å². The van der Waals surface area contributed by atoms with Gasteiger partial charge in [-0.05, 0) is 49.5 Å². The molecule has 1 aromatic rings. The second kappa shape index (κ2) is 5.86. The number of carbonyl (C=O) groups is 3. The molecule has 1 saturated heterocycles. The summed E-state index contributed by atoms with van der Waals surface area (Å²) in [5.74, 6) is 1.08. The molecule has 2 aliphatic carbocycles. The Morgan fingerprint density at radius 3 is 2.64 bits per heavy atom. The predicted molar refractivity (Wildman–Crippen MR) is 90.9 cm³/mol. The summed E-state index contributed by atoms with van der Waals surface area (Å²) in [6.07, 6.45) is 5.20. The van der Waals surface area contributed by atoms with Crippen LogP contribution in [0.2, 0.25) is 0 Å². The molecule has 0 aromatic heterocycles. The fourth-order valence-corrected chi connectivity index (χ4v) is 4.74. The number of hydrazine groups is 1. The molecule has 3 fully saturated rings. The van der Waals surface area contributed by atoms with Crippen molar-refractivity contribution in [3.63, 3.8) is 0 Å². The van der Waals surface area contributed by atoms with Gasteiger partial charge in [0, 0.05) is 6.42 Å². The first kappa shape index (κ1) is 16.1. The third-order valence-electron chi connectivity index (χ3n) is 6.11. The summed E-state index contributed by atoms with van der Waals surface area (Å²) >= 11 is 0. The maximum Gasteiger partial charge on any atom is 0.344 e. The Morgan fingerprint density at radius 1 is 1.24 bits per heavy atom. The van der Waals surface area contributed by atoms with Gasteiger partial charge in [-0.1, -0.05) is 36.8 Å². The molecule has 1 aliphatic heterocycles. The number of benzene rings is 1. The highest BCUT2D eigenvalue weighted by atomic mass is 16.2. The first-order chi connectivity index (χ1) is 12.0. The Hall–Kier alpha value is -2.37. The molecule has 6 nitrogen and oxygen atoms in total. The summed E-state index contributed by atoms with van der Waals surface area (Å²) in [4.78, 5) is 37.4. The Bertz CT molecular complexity index is 720. The summed E-state index contributed by atoms with van der Waals surface area (Å²) in [6.45, 7) is 1.66. The van der Waals surface area contributed by atoms with E-state index in [0.717, 1.165) is 17.3 Å². The molecule has 6 heteroatoms. The normalized spacial score (nSPS) is 33.6. The van der Waals surface area contributed by atoms with Gasteiger partial charge in [-0.25, -0.2) is 4.79 Å². The first-order valence-electron chi connectivity index (χ1n) is 8.99. The standard InChI is InChI=1S/C19H23N3O3/c1-19(15-5-3-2-4-6-15)17(24)22(18(25)20-19)21-16(23)11-14-10-12-7-8-13(14)9-12/h2-6,12-14H,7-11H2,1H3,(H,20,25)(H,21,23)/t12-,13-,14-,19-/m0/s1. The minimum atomic E-state index is -1.15. The largest absolute Gasteiger partial charge is 0.344 e. The Kier molecular flexibility index (Phi) is 3.78. The Balaban J connectivity index is 1.43. The molecule has 2 bridgehead atoms. The molecule has 2 N–H and O–H groups in total. The van der Waals surface area contributed by atoms with Gasteiger partial charge in [0.1, 0.15) is 5.54 Å². The molecule has 2 saturated carbocycles. The minimum Gasteiger partial charge on any atom is -0.318 e. The predicted octanol–water partition coefficient (Wildman–Crippen LogP) is 2.31. The number of nitrogens with zero attached hydrogens (tertiary/aromatic N) is 1. The van der Waals surface area contributed by atoms with Crippen LogP contribution < -0.4 is 10.7 Å². The van der Waals surface area contributed by atoms with Crippen molar-refractivity contribution in [3.8, 4) is 0 Å². The molecule has 132 valence electrons. The SMILES string of the molecule is C[C@@]1(c2ccccc2)NC(=O)N(NC(=O)C[C@@H]2C[C@H]3CC[C@H]2C3)C1=O. The van der Waals surface area contributed by atoms with Gasteiger partial charge in [-0.3, -0.25) is 15.0 Å². The van der Waals surface area contributed by atoms with Crippen LogP contribution in [0.5, 0.6) is 0 Å². The monoisotopic (exact) mass is 341 g/mol. The highest BCUT2D eigenvalue weighted by molar-refractivity contribution is 6.08. The van der Waals surface area contributed by atoms with E-state index in [2.05, 4.69) is 10.7 Å². The van der Waals surface area contributed by atoms with Crippen LogP contribution in [0.1, 0.15) is 44.6 Å². The fourth-order valence-electron chi connectivity index (χ4n) is 4.74. The van der Waals surface area contributed by atoms with Crippen molar-refractivity contribution in [3.05, 3.63) is 35.9 Å². The van der Waals surface area contributed by atoms with Crippen molar-refractivity contribution in [2.24, 2.45) is 17.8 Å². The van der Waals surface area contributed by atoms with Crippen molar-refractivity contribution in [2.75, 3.05) is 0 Å². The summed E-state index contributed by atoms with van der Waals surface area (Å²) in [5, 5.41) is 3.53. The zero-order valence-electron chi connectivity index (χ0n) is 14.3. The molecule has 25 heavy (non-hydrogen) atoms. The number of urea groups is 1. The molecule has 1 aromatic carbocycles. The fraction of sp³-hybridized carbons (Fsp3) is 0.526. The molecule has 4 rings (SSSR count). The number of amides is 4. The average Bonchev–Trinajstić information content (AvgIpc) is 3.27. The van der Waals surface area contributed by atoms with Crippen LogP contribution in [-0.2, 0) is 15.1 Å².